The number of nitrogens with zero attached hydrogens (tertiary/aromatic N) is 4. The number of aryl methyl sites for hydroxylation is 2. The lowest BCUT2D eigenvalue weighted by Gasteiger charge is -2.18. The monoisotopic (exact) mass is 439 g/mol. The van der Waals surface area contributed by atoms with Crippen LogP contribution in [0.25, 0.3) is 5.82 Å². The molecule has 0 saturated carbocycles. The smallest absolute Gasteiger partial charge is 0.271 e. The lowest BCUT2D eigenvalue weighted by molar-refractivity contribution is 0.0772. The van der Waals surface area contributed by atoms with Crippen LogP contribution in [-0.2, 0) is 6.54 Å². The van der Waals surface area contributed by atoms with Crippen LogP contribution >= 0.6 is 11.6 Å². The number of nitrogens with one attached hydrogen (secondary N) is 1. The van der Waals surface area contributed by atoms with Gasteiger partial charge in [0, 0.05) is 30.9 Å². The number of hydrogen-bond acceptors (Lipinski definition) is 4. The summed E-state index contributed by atoms with van der Waals surface area (Å²) >= 11 is 6.22. The number of amides is 2. The average molecular weight is 440 g/mol. The van der Waals surface area contributed by atoms with Gasteiger partial charge in [-0.3, -0.25) is 9.59 Å². The summed E-state index contributed by atoms with van der Waals surface area (Å²) in [5, 5.41) is 7.50. The molecule has 2 aromatic heterocycles. The molecule has 7 nitrogen and oxygen atoms in total. The molecule has 1 aromatic carbocycles. The molecule has 0 saturated heterocycles. The van der Waals surface area contributed by atoms with E-state index in [1.807, 2.05) is 45.9 Å². The molecule has 0 aliphatic heterocycles. The number of aromatic nitrogens is 3. The van der Waals surface area contributed by atoms with E-state index in [0.29, 0.717) is 31.0 Å². The lowest BCUT2D eigenvalue weighted by Crippen LogP contribution is -2.30. The fourth-order valence-electron chi connectivity index (χ4n) is 3.29. The van der Waals surface area contributed by atoms with Crippen molar-refractivity contribution < 1.29 is 9.59 Å². The van der Waals surface area contributed by atoms with E-state index < -0.39 is 0 Å². The molecular formula is C23H26ClN5O2. The number of hydrogen-bond donors (Lipinski definition) is 1. The van der Waals surface area contributed by atoms with Crippen molar-refractivity contribution in [2.45, 2.75) is 34.2 Å². The molecule has 0 unspecified atom stereocenters. The molecule has 3 aromatic rings. The molecule has 31 heavy (non-hydrogen) atoms. The summed E-state index contributed by atoms with van der Waals surface area (Å²) in [4.78, 5) is 31.3. The van der Waals surface area contributed by atoms with Crippen molar-refractivity contribution in [1.29, 1.82) is 0 Å². The van der Waals surface area contributed by atoms with Gasteiger partial charge in [-0.1, -0.05) is 23.7 Å². The Bertz CT molecular complexity index is 1090. The Morgan fingerprint density at radius 3 is 2.32 bits per heavy atom. The maximum absolute atomic E-state index is 12.7. The molecule has 1 N–H and O–H groups in total. The maximum Gasteiger partial charge on any atom is 0.271 e. The Morgan fingerprint density at radius 2 is 1.74 bits per heavy atom. The molecule has 2 heterocycles. The van der Waals surface area contributed by atoms with Gasteiger partial charge in [0.15, 0.2) is 5.82 Å². The zero-order valence-corrected chi connectivity index (χ0v) is 18.9. The van der Waals surface area contributed by atoms with Gasteiger partial charge in [-0.2, -0.15) is 5.10 Å². The second-order valence-corrected chi connectivity index (χ2v) is 7.60. The summed E-state index contributed by atoms with van der Waals surface area (Å²) in [7, 11) is 0. The van der Waals surface area contributed by atoms with Gasteiger partial charge in [0.2, 0.25) is 0 Å². The fraction of sp³-hybridized carbons (Fsp3) is 0.304. The molecule has 162 valence electrons. The molecule has 0 spiro atoms. The minimum absolute atomic E-state index is 0.00228. The SMILES string of the molecule is CCN(CC)C(=O)c1ccc(CNC(=O)c2nc(-n3nc(C)cc3C)ccc2Cl)cc1. The van der Waals surface area contributed by atoms with Gasteiger partial charge in [0.25, 0.3) is 11.8 Å². The number of carbonyl (C=O) groups excluding carboxylic acids is 2. The predicted octanol–water partition coefficient (Wildman–Crippen LogP) is 3.95. The molecule has 0 fully saturated rings. The second kappa shape index (κ2) is 9.75. The van der Waals surface area contributed by atoms with Crippen LogP contribution in [0.1, 0.15) is 51.6 Å². The van der Waals surface area contributed by atoms with Gasteiger partial charge in [-0.15, -0.1) is 0 Å². The van der Waals surface area contributed by atoms with Crippen molar-refractivity contribution in [1.82, 2.24) is 25.0 Å². The van der Waals surface area contributed by atoms with Crippen molar-refractivity contribution in [2.24, 2.45) is 0 Å². The van der Waals surface area contributed by atoms with E-state index in [0.717, 1.165) is 17.0 Å². The van der Waals surface area contributed by atoms with Crippen molar-refractivity contribution in [3.8, 4) is 5.82 Å². The highest BCUT2D eigenvalue weighted by molar-refractivity contribution is 6.33. The molecule has 0 radical (unpaired) electrons. The molecule has 0 aliphatic carbocycles. The first kappa shape index (κ1) is 22.5. The molecule has 0 atom stereocenters. The highest BCUT2D eigenvalue weighted by Gasteiger charge is 2.16. The summed E-state index contributed by atoms with van der Waals surface area (Å²) in [5.41, 5.74) is 3.41. The van der Waals surface area contributed by atoms with Crippen molar-refractivity contribution >= 4 is 23.4 Å². The molecule has 3 rings (SSSR count). The molecule has 2 amide bonds. The van der Waals surface area contributed by atoms with Crippen LogP contribution in [0.15, 0.2) is 42.5 Å². The zero-order chi connectivity index (χ0) is 22.5. The van der Waals surface area contributed by atoms with Crippen LogP contribution in [0.5, 0.6) is 0 Å². The Morgan fingerprint density at radius 1 is 1.06 bits per heavy atom. The van der Waals surface area contributed by atoms with Crippen LogP contribution in [-0.4, -0.2) is 44.6 Å². The van der Waals surface area contributed by atoms with E-state index in [1.54, 1.807) is 33.8 Å². The Kier molecular flexibility index (Phi) is 7.07. The van der Waals surface area contributed by atoms with Crippen LogP contribution < -0.4 is 5.32 Å². The molecule has 0 bridgehead atoms. The Balaban J connectivity index is 1.70. The standard InChI is InChI=1S/C23H26ClN5O2/c1-5-28(6-2)23(31)18-9-7-17(8-10-18)14-25-22(30)21-19(24)11-12-20(26-21)29-16(4)13-15(3)27-29/h7-13H,5-6,14H2,1-4H3,(H,25,30). The molecular weight excluding hydrogens is 414 g/mol. The van der Waals surface area contributed by atoms with Gasteiger partial charge >= 0.3 is 0 Å². The van der Waals surface area contributed by atoms with E-state index in [-0.39, 0.29) is 22.5 Å². The second-order valence-electron chi connectivity index (χ2n) is 7.20. The van der Waals surface area contributed by atoms with E-state index in [1.165, 1.54) is 0 Å². The van der Waals surface area contributed by atoms with Crippen LogP contribution in [0.4, 0.5) is 0 Å². The normalized spacial score (nSPS) is 10.7. The third-order valence-electron chi connectivity index (χ3n) is 4.98. The Hall–Kier alpha value is -3.19. The van der Waals surface area contributed by atoms with Crippen molar-refractivity contribution in [2.75, 3.05) is 13.1 Å². The topological polar surface area (TPSA) is 80.1 Å². The minimum Gasteiger partial charge on any atom is -0.347 e. The van der Waals surface area contributed by atoms with Crippen LogP contribution in [0, 0.1) is 13.8 Å². The quantitative estimate of drug-likeness (QED) is 0.604. The van der Waals surface area contributed by atoms with E-state index >= 15 is 0 Å². The van der Waals surface area contributed by atoms with Gasteiger partial charge in [-0.05, 0) is 63.6 Å². The number of halogens is 1. The number of rotatable bonds is 7. The summed E-state index contributed by atoms with van der Waals surface area (Å²) in [5.74, 6) is 0.147. The maximum atomic E-state index is 12.7. The van der Waals surface area contributed by atoms with E-state index in [9.17, 15) is 9.59 Å². The summed E-state index contributed by atoms with van der Waals surface area (Å²) in [6.45, 7) is 9.34. The number of carbonyl (C=O) groups is 2. The largest absolute Gasteiger partial charge is 0.347 e. The number of benzene rings is 1. The predicted molar refractivity (Wildman–Crippen MR) is 121 cm³/mol. The van der Waals surface area contributed by atoms with Gasteiger partial charge in [-0.25, -0.2) is 9.67 Å². The van der Waals surface area contributed by atoms with Crippen molar-refractivity contribution in [3.63, 3.8) is 0 Å². The average Bonchev–Trinajstić information content (AvgIpc) is 3.11. The van der Waals surface area contributed by atoms with Crippen LogP contribution in [0.2, 0.25) is 5.02 Å². The first-order chi connectivity index (χ1) is 14.8. The first-order valence-corrected chi connectivity index (χ1v) is 10.6. The third kappa shape index (κ3) is 5.11. The summed E-state index contributed by atoms with van der Waals surface area (Å²) < 4.78 is 1.67. The van der Waals surface area contributed by atoms with Crippen molar-refractivity contribution in [3.05, 3.63) is 75.7 Å². The highest BCUT2D eigenvalue weighted by atomic mass is 35.5. The van der Waals surface area contributed by atoms with Crippen LogP contribution in [0.3, 0.4) is 0 Å². The minimum atomic E-state index is -0.378. The van der Waals surface area contributed by atoms with E-state index in [2.05, 4.69) is 15.4 Å². The third-order valence-corrected chi connectivity index (χ3v) is 5.28. The fourth-order valence-corrected chi connectivity index (χ4v) is 3.49. The molecule has 0 aliphatic rings. The lowest BCUT2D eigenvalue weighted by atomic mass is 10.1. The summed E-state index contributed by atoms with van der Waals surface area (Å²) in [6.07, 6.45) is 0. The van der Waals surface area contributed by atoms with Gasteiger partial charge in [0.05, 0.1) is 10.7 Å². The first-order valence-electron chi connectivity index (χ1n) is 10.2. The zero-order valence-electron chi connectivity index (χ0n) is 18.1. The molecule has 8 heteroatoms. The van der Waals surface area contributed by atoms with Gasteiger partial charge in [0.1, 0.15) is 5.69 Å². The Labute approximate surface area is 187 Å². The van der Waals surface area contributed by atoms with E-state index in [4.69, 9.17) is 11.6 Å². The van der Waals surface area contributed by atoms with Gasteiger partial charge < -0.3 is 10.2 Å². The number of pyridine rings is 1. The highest BCUT2D eigenvalue weighted by Crippen LogP contribution is 2.18. The summed E-state index contributed by atoms with van der Waals surface area (Å²) in [6, 6.07) is 12.5.